The van der Waals surface area contributed by atoms with Crippen molar-refractivity contribution < 1.29 is 4.74 Å². The SMILES string of the molecule is C1=CC2Oc3cc(-c4c5ccccc5c(-c5cccnc5)c5ccccc45)ccc3C2C(c2c3ccccc3c(-c3cccnc3)c3ccccc23)=C1. The Morgan fingerprint density at radius 3 is 1.34 bits per heavy atom. The number of ether oxygens (including phenoxy) is 1. The summed E-state index contributed by atoms with van der Waals surface area (Å²) in [5, 5.41) is 9.79. The molecule has 1 aliphatic carbocycles. The average Bonchev–Trinajstić information content (AvgIpc) is 3.61. The monoisotopic (exact) mass is 676 g/mol. The van der Waals surface area contributed by atoms with Crippen LogP contribution in [0.25, 0.3) is 82.0 Å². The molecule has 3 nitrogen and oxygen atoms in total. The van der Waals surface area contributed by atoms with E-state index < -0.39 is 0 Å². The molecule has 0 saturated heterocycles. The summed E-state index contributed by atoms with van der Waals surface area (Å²) in [6.45, 7) is 0. The Kier molecular flexibility index (Phi) is 6.68. The van der Waals surface area contributed by atoms with Crippen LogP contribution in [0, 0.1) is 0 Å². The standard InChI is InChI=1S/C50H32N2O/c1-3-16-36-34(14-1)46(35-15-2-4-17-37(35)47(36)32-12-10-26-51-29-32)31-24-25-42-45(28-31)53-44-23-9-22-43(50(42)44)49-40-20-7-5-18-38(40)48(33-13-11-27-52-30-33)39-19-6-8-21-41(39)49/h1-30,44,50H. The van der Waals surface area contributed by atoms with Gasteiger partial charge in [-0.05, 0) is 101 Å². The molecule has 2 aromatic heterocycles. The van der Waals surface area contributed by atoms with Gasteiger partial charge in [0.25, 0.3) is 0 Å². The van der Waals surface area contributed by atoms with Crippen LogP contribution in [-0.4, -0.2) is 16.1 Å². The molecule has 0 radical (unpaired) electrons. The highest BCUT2D eigenvalue weighted by Gasteiger charge is 2.38. The van der Waals surface area contributed by atoms with Crippen LogP contribution < -0.4 is 4.74 Å². The minimum atomic E-state index is -0.0998. The van der Waals surface area contributed by atoms with Crippen molar-refractivity contribution in [3.8, 4) is 39.1 Å². The number of fused-ring (bicyclic) bond motifs is 7. The molecule has 0 amide bonds. The number of hydrogen-bond donors (Lipinski definition) is 0. The lowest BCUT2D eigenvalue weighted by atomic mass is 9.77. The number of allylic oxidation sites excluding steroid dienone is 2. The molecule has 0 saturated carbocycles. The van der Waals surface area contributed by atoms with Gasteiger partial charge in [0, 0.05) is 41.5 Å². The number of benzene rings is 7. The van der Waals surface area contributed by atoms with E-state index in [9.17, 15) is 0 Å². The van der Waals surface area contributed by atoms with Gasteiger partial charge in [0.15, 0.2) is 0 Å². The van der Waals surface area contributed by atoms with Gasteiger partial charge in [0.2, 0.25) is 0 Å². The first-order valence-corrected chi connectivity index (χ1v) is 18.2. The van der Waals surface area contributed by atoms with Crippen LogP contribution in [0.5, 0.6) is 5.75 Å². The summed E-state index contributed by atoms with van der Waals surface area (Å²) in [5.41, 5.74) is 10.8. The largest absolute Gasteiger partial charge is 0.485 e. The normalized spacial score (nSPS) is 16.1. The zero-order valence-electron chi connectivity index (χ0n) is 28.8. The molecule has 0 spiro atoms. The van der Waals surface area contributed by atoms with Crippen molar-refractivity contribution in [1.29, 1.82) is 0 Å². The summed E-state index contributed by atoms with van der Waals surface area (Å²) in [6.07, 6.45) is 14.2. The van der Waals surface area contributed by atoms with Gasteiger partial charge in [-0.25, -0.2) is 0 Å². The molecule has 53 heavy (non-hydrogen) atoms. The van der Waals surface area contributed by atoms with Crippen LogP contribution in [-0.2, 0) is 0 Å². The minimum Gasteiger partial charge on any atom is -0.485 e. The van der Waals surface area contributed by atoms with Crippen LogP contribution in [0.4, 0.5) is 0 Å². The van der Waals surface area contributed by atoms with Gasteiger partial charge in [-0.3, -0.25) is 9.97 Å². The van der Waals surface area contributed by atoms with Gasteiger partial charge in [-0.2, -0.15) is 0 Å². The van der Waals surface area contributed by atoms with E-state index in [0.29, 0.717) is 0 Å². The van der Waals surface area contributed by atoms with Crippen LogP contribution >= 0.6 is 0 Å². The highest BCUT2D eigenvalue weighted by Crippen LogP contribution is 2.53. The van der Waals surface area contributed by atoms with Gasteiger partial charge in [0.1, 0.15) is 11.9 Å². The van der Waals surface area contributed by atoms with Crippen molar-refractivity contribution in [2.45, 2.75) is 12.0 Å². The van der Waals surface area contributed by atoms with Crippen molar-refractivity contribution in [1.82, 2.24) is 9.97 Å². The molecule has 0 fully saturated rings. The quantitative estimate of drug-likeness (QED) is 0.174. The Hall–Kier alpha value is -6.84. The van der Waals surface area contributed by atoms with Gasteiger partial charge >= 0.3 is 0 Å². The van der Waals surface area contributed by atoms with Gasteiger partial charge < -0.3 is 4.74 Å². The molecule has 2 atom stereocenters. The van der Waals surface area contributed by atoms with Crippen molar-refractivity contribution in [3.63, 3.8) is 0 Å². The Morgan fingerprint density at radius 2 is 0.887 bits per heavy atom. The van der Waals surface area contributed by atoms with E-state index in [1.54, 1.807) is 0 Å². The van der Waals surface area contributed by atoms with Crippen molar-refractivity contribution in [3.05, 3.63) is 194 Å². The fraction of sp³-hybridized carbons (Fsp3) is 0.0400. The number of hydrogen-bond acceptors (Lipinski definition) is 3. The highest BCUT2D eigenvalue weighted by molar-refractivity contribution is 6.22. The summed E-state index contributed by atoms with van der Waals surface area (Å²) in [6, 6.07) is 50.4. The third-order valence-electron chi connectivity index (χ3n) is 11.2. The molecular weight excluding hydrogens is 645 g/mol. The third-order valence-corrected chi connectivity index (χ3v) is 11.2. The zero-order chi connectivity index (χ0) is 34.9. The van der Waals surface area contributed by atoms with E-state index in [1.165, 1.54) is 76.5 Å². The van der Waals surface area contributed by atoms with E-state index in [0.717, 1.165) is 22.4 Å². The molecule has 0 bridgehead atoms. The maximum atomic E-state index is 6.91. The molecule has 2 unspecified atom stereocenters. The van der Waals surface area contributed by atoms with Crippen molar-refractivity contribution in [2.24, 2.45) is 0 Å². The summed E-state index contributed by atoms with van der Waals surface area (Å²) < 4.78 is 6.91. The Labute approximate surface area is 307 Å². The average molecular weight is 677 g/mol. The van der Waals surface area contributed by atoms with Crippen LogP contribution in [0.3, 0.4) is 0 Å². The topological polar surface area (TPSA) is 35.0 Å². The predicted octanol–water partition coefficient (Wildman–Crippen LogP) is 12.6. The Balaban J connectivity index is 1.10. The molecule has 7 aromatic carbocycles. The van der Waals surface area contributed by atoms with Gasteiger partial charge in [0.05, 0.1) is 5.92 Å². The fourth-order valence-electron chi connectivity index (χ4n) is 9.07. The second-order valence-corrected chi connectivity index (χ2v) is 14.0. The van der Waals surface area contributed by atoms with E-state index in [1.807, 2.05) is 36.9 Å². The number of nitrogens with zero attached hydrogens (tertiary/aromatic N) is 2. The first-order valence-electron chi connectivity index (χ1n) is 18.2. The van der Waals surface area contributed by atoms with Crippen molar-refractivity contribution in [2.75, 3.05) is 0 Å². The first kappa shape index (κ1) is 29.8. The Bertz CT molecular complexity index is 2870. The zero-order valence-corrected chi connectivity index (χ0v) is 28.8. The van der Waals surface area contributed by atoms with Crippen LogP contribution in [0.2, 0.25) is 0 Å². The lowest BCUT2D eigenvalue weighted by molar-refractivity contribution is 0.272. The molecule has 0 N–H and O–H groups in total. The first-order chi connectivity index (χ1) is 26.3. The summed E-state index contributed by atoms with van der Waals surface area (Å²) >= 11 is 0. The number of aromatic nitrogens is 2. The minimum absolute atomic E-state index is 0.0570. The molecule has 3 heterocycles. The lowest BCUT2D eigenvalue weighted by Gasteiger charge is -2.26. The molecule has 11 rings (SSSR count). The lowest BCUT2D eigenvalue weighted by Crippen LogP contribution is -2.19. The predicted molar refractivity (Wildman–Crippen MR) is 219 cm³/mol. The van der Waals surface area contributed by atoms with Crippen LogP contribution in [0.15, 0.2) is 183 Å². The molecule has 248 valence electrons. The van der Waals surface area contributed by atoms with Crippen molar-refractivity contribution >= 4 is 48.7 Å². The Morgan fingerprint density at radius 1 is 0.434 bits per heavy atom. The number of rotatable bonds is 4. The van der Waals surface area contributed by atoms with E-state index in [2.05, 4.69) is 156 Å². The van der Waals surface area contributed by atoms with Crippen LogP contribution in [0.1, 0.15) is 17.0 Å². The molecule has 2 aliphatic rings. The maximum absolute atomic E-state index is 6.91. The second-order valence-electron chi connectivity index (χ2n) is 14.0. The molecule has 9 aromatic rings. The smallest absolute Gasteiger partial charge is 0.128 e. The number of pyridine rings is 2. The maximum Gasteiger partial charge on any atom is 0.128 e. The molecule has 1 aliphatic heterocycles. The van der Waals surface area contributed by atoms with E-state index in [-0.39, 0.29) is 12.0 Å². The van der Waals surface area contributed by atoms with Gasteiger partial charge in [-0.15, -0.1) is 0 Å². The second kappa shape index (κ2) is 11.9. The van der Waals surface area contributed by atoms with E-state index in [4.69, 9.17) is 4.74 Å². The van der Waals surface area contributed by atoms with Gasteiger partial charge in [-0.1, -0.05) is 133 Å². The summed E-state index contributed by atoms with van der Waals surface area (Å²) in [7, 11) is 0. The molecular formula is C50H32N2O. The molecule has 3 heteroatoms. The highest BCUT2D eigenvalue weighted by atomic mass is 16.5. The van der Waals surface area contributed by atoms with E-state index >= 15 is 0 Å². The summed E-state index contributed by atoms with van der Waals surface area (Å²) in [5.74, 6) is 1.00. The fourth-order valence-corrected chi connectivity index (χ4v) is 9.07. The summed E-state index contributed by atoms with van der Waals surface area (Å²) in [4.78, 5) is 8.98. The third kappa shape index (κ3) is 4.54.